The van der Waals surface area contributed by atoms with Crippen molar-refractivity contribution < 1.29 is 19.8 Å². The molecule has 0 aliphatic rings. The predicted octanol–water partition coefficient (Wildman–Crippen LogP) is 14.9. The van der Waals surface area contributed by atoms with E-state index in [1.54, 1.807) is 0 Å². The van der Waals surface area contributed by atoms with Gasteiger partial charge >= 0.3 is 11.9 Å². The Hall–Kier alpha value is -2.10. The Bertz CT molecular complexity index is 764. The molecule has 280 valence electrons. The molecule has 0 atom stereocenters. The minimum absolute atomic E-state index is 0.262. The van der Waals surface area contributed by atoms with Crippen molar-refractivity contribution in [3.63, 3.8) is 0 Å². The van der Waals surface area contributed by atoms with Crippen molar-refractivity contribution >= 4 is 11.9 Å². The first-order chi connectivity index (χ1) is 23.5. The second kappa shape index (κ2) is 44.9. The molecule has 0 aliphatic heterocycles. The van der Waals surface area contributed by atoms with Gasteiger partial charge in [-0.05, 0) is 51.4 Å². The van der Waals surface area contributed by atoms with Crippen LogP contribution in [0.3, 0.4) is 0 Å². The van der Waals surface area contributed by atoms with Crippen LogP contribution >= 0.6 is 0 Å². The van der Waals surface area contributed by atoms with E-state index in [-0.39, 0.29) is 6.42 Å². The summed E-state index contributed by atoms with van der Waals surface area (Å²) < 4.78 is 0. The fraction of sp³-hybridized carbons (Fsp3) is 0.773. The number of hydrogen-bond donors (Lipinski definition) is 2. The quantitative estimate of drug-likeness (QED) is 0.0513. The number of rotatable bonds is 36. The number of carbonyl (C=O) groups is 2. The third kappa shape index (κ3) is 50.7. The highest BCUT2D eigenvalue weighted by atomic mass is 16.4. The van der Waals surface area contributed by atoms with Crippen LogP contribution in [-0.2, 0) is 9.59 Å². The van der Waals surface area contributed by atoms with E-state index in [0.717, 1.165) is 44.9 Å². The molecule has 0 unspecified atom stereocenters. The minimum atomic E-state index is -0.712. The van der Waals surface area contributed by atoms with E-state index in [1.165, 1.54) is 148 Å². The van der Waals surface area contributed by atoms with Crippen LogP contribution in [0.5, 0.6) is 0 Å². The first-order valence-corrected chi connectivity index (χ1v) is 20.6. The lowest BCUT2D eigenvalue weighted by Gasteiger charge is -2.04. The molecule has 0 rings (SSSR count). The monoisotopic (exact) mass is 673 g/mol. The van der Waals surface area contributed by atoms with Gasteiger partial charge in [0.05, 0.1) is 0 Å². The summed E-state index contributed by atoms with van der Waals surface area (Å²) in [6.45, 7) is 4.52. The Morgan fingerprint density at radius 3 is 0.917 bits per heavy atom. The van der Waals surface area contributed by atoms with Crippen LogP contribution in [-0.4, -0.2) is 22.2 Å². The maximum atomic E-state index is 10.4. The zero-order valence-electron chi connectivity index (χ0n) is 32.0. The molecule has 0 aromatic carbocycles. The lowest BCUT2D eigenvalue weighted by molar-refractivity contribution is -0.138. The van der Waals surface area contributed by atoms with E-state index in [2.05, 4.69) is 62.5 Å². The normalized spacial score (nSPS) is 11.7. The number of allylic oxidation sites excluding steroid dienone is 8. The van der Waals surface area contributed by atoms with E-state index < -0.39 is 11.9 Å². The molecule has 0 bridgehead atoms. The largest absolute Gasteiger partial charge is 0.481 e. The molecular formula is C44H80O4. The van der Waals surface area contributed by atoms with Crippen molar-refractivity contribution in [2.45, 2.75) is 219 Å². The van der Waals surface area contributed by atoms with Crippen molar-refractivity contribution in [3.8, 4) is 0 Å². The van der Waals surface area contributed by atoms with Gasteiger partial charge in [-0.3, -0.25) is 9.59 Å². The van der Waals surface area contributed by atoms with Crippen LogP contribution < -0.4 is 0 Å². The third-order valence-corrected chi connectivity index (χ3v) is 8.71. The fourth-order valence-corrected chi connectivity index (χ4v) is 5.64. The molecule has 0 aromatic rings. The molecule has 0 radical (unpaired) electrons. The molecule has 0 amide bonds. The van der Waals surface area contributed by atoms with Gasteiger partial charge in [-0.25, -0.2) is 0 Å². The average molecular weight is 673 g/mol. The zero-order chi connectivity index (χ0) is 35.4. The van der Waals surface area contributed by atoms with E-state index in [9.17, 15) is 9.59 Å². The molecule has 0 spiro atoms. The highest BCUT2D eigenvalue weighted by Gasteiger charge is 1.98. The van der Waals surface area contributed by atoms with Gasteiger partial charge in [0.15, 0.2) is 0 Å². The van der Waals surface area contributed by atoms with Crippen molar-refractivity contribution in [3.05, 3.63) is 48.6 Å². The molecule has 48 heavy (non-hydrogen) atoms. The number of carboxylic acid groups (broad SMARTS) is 2. The number of hydrogen-bond acceptors (Lipinski definition) is 2. The lowest BCUT2D eigenvalue weighted by atomic mass is 10.0. The Morgan fingerprint density at radius 2 is 0.583 bits per heavy atom. The first-order valence-electron chi connectivity index (χ1n) is 20.6. The predicted molar refractivity (Wildman–Crippen MR) is 211 cm³/mol. The highest BCUT2D eigenvalue weighted by Crippen LogP contribution is 2.15. The van der Waals surface area contributed by atoms with E-state index in [4.69, 9.17) is 10.2 Å². The Labute approximate surface area is 299 Å². The molecule has 0 aromatic heterocycles. The Balaban J connectivity index is 0. The van der Waals surface area contributed by atoms with Gasteiger partial charge in [0.25, 0.3) is 0 Å². The van der Waals surface area contributed by atoms with Crippen LogP contribution in [0.2, 0.25) is 0 Å². The summed E-state index contributed by atoms with van der Waals surface area (Å²) in [6, 6.07) is 0. The van der Waals surface area contributed by atoms with Crippen LogP contribution in [0.15, 0.2) is 48.6 Å². The first kappa shape index (κ1) is 48.0. The van der Waals surface area contributed by atoms with Gasteiger partial charge < -0.3 is 10.2 Å². The van der Waals surface area contributed by atoms with Gasteiger partial charge in [-0.1, -0.05) is 204 Å². The molecule has 0 aliphatic carbocycles. The summed E-state index contributed by atoms with van der Waals surface area (Å²) in [4.78, 5) is 20.7. The van der Waals surface area contributed by atoms with Gasteiger partial charge in [0.2, 0.25) is 0 Å². The molecule has 4 nitrogen and oxygen atoms in total. The van der Waals surface area contributed by atoms with E-state index in [0.29, 0.717) is 6.42 Å². The third-order valence-electron chi connectivity index (χ3n) is 8.71. The summed E-state index contributed by atoms with van der Waals surface area (Å²) in [5, 5.41) is 17.1. The van der Waals surface area contributed by atoms with Gasteiger partial charge in [-0.15, -0.1) is 0 Å². The highest BCUT2D eigenvalue weighted by molar-refractivity contribution is 5.66. The van der Waals surface area contributed by atoms with E-state index >= 15 is 0 Å². The van der Waals surface area contributed by atoms with Crippen molar-refractivity contribution in [2.75, 3.05) is 0 Å². The Morgan fingerprint density at radius 1 is 0.333 bits per heavy atom. The second-order valence-electron chi connectivity index (χ2n) is 13.6. The van der Waals surface area contributed by atoms with E-state index in [1.807, 2.05) is 0 Å². The lowest BCUT2D eigenvalue weighted by Crippen LogP contribution is -1.93. The Kier molecular flexibility index (Phi) is 44.9. The molecule has 0 heterocycles. The molecular weight excluding hydrogens is 592 g/mol. The maximum Gasteiger partial charge on any atom is 0.303 e. The zero-order valence-corrected chi connectivity index (χ0v) is 32.0. The fourth-order valence-electron chi connectivity index (χ4n) is 5.64. The minimum Gasteiger partial charge on any atom is -0.481 e. The van der Waals surface area contributed by atoms with Gasteiger partial charge in [0, 0.05) is 12.8 Å². The SMILES string of the molecule is CCCCC/C=C\C/C=C\C/C=C\C/C=C\CCCC(=O)O.CCCCCCCCCCCCCCCCCCCCCCCC(=O)O. The van der Waals surface area contributed by atoms with Gasteiger partial charge in [-0.2, -0.15) is 0 Å². The standard InChI is InChI=1S/C24H48O2.C20H32O2/c1-2-3-4-5-6-7-8-9-10-11-12-13-14-15-16-17-18-19-20-21-22-23-24(25)26;1-2-3-4-5-6-7-8-9-10-11-12-13-14-15-16-17-18-19-20(21)22/h2-23H2,1H3,(H,25,26);6-7,9-10,12-13,15-16H,2-5,8,11,14,17-19H2,1H3,(H,21,22)/b;7-6-,10-9-,13-12-,16-15-. The molecule has 0 fully saturated rings. The molecule has 0 saturated carbocycles. The molecule has 0 saturated heterocycles. The van der Waals surface area contributed by atoms with Crippen LogP contribution in [0, 0.1) is 0 Å². The number of carboxylic acids is 2. The summed E-state index contributed by atoms with van der Waals surface area (Å²) in [7, 11) is 0. The smallest absolute Gasteiger partial charge is 0.303 e. The summed E-state index contributed by atoms with van der Waals surface area (Å²) in [6.07, 6.45) is 56.4. The maximum absolute atomic E-state index is 10.4. The van der Waals surface area contributed by atoms with Crippen molar-refractivity contribution in [1.29, 1.82) is 0 Å². The average Bonchev–Trinajstić information content (AvgIpc) is 3.07. The second-order valence-corrected chi connectivity index (χ2v) is 13.6. The molecule has 2 N–H and O–H groups in total. The van der Waals surface area contributed by atoms with Crippen LogP contribution in [0.1, 0.15) is 219 Å². The summed E-state index contributed by atoms with van der Waals surface area (Å²) in [5.41, 5.74) is 0. The van der Waals surface area contributed by atoms with Crippen LogP contribution in [0.4, 0.5) is 0 Å². The summed E-state index contributed by atoms with van der Waals surface area (Å²) in [5.74, 6) is -1.36. The molecule has 4 heteroatoms. The van der Waals surface area contributed by atoms with Crippen molar-refractivity contribution in [1.82, 2.24) is 0 Å². The number of aliphatic carboxylic acids is 2. The van der Waals surface area contributed by atoms with Crippen molar-refractivity contribution in [2.24, 2.45) is 0 Å². The topological polar surface area (TPSA) is 74.6 Å². The summed E-state index contributed by atoms with van der Waals surface area (Å²) >= 11 is 0. The number of unbranched alkanes of at least 4 members (excludes halogenated alkanes) is 24. The van der Waals surface area contributed by atoms with Crippen LogP contribution in [0.25, 0.3) is 0 Å². The van der Waals surface area contributed by atoms with Gasteiger partial charge in [0.1, 0.15) is 0 Å².